The fourth-order valence-corrected chi connectivity index (χ4v) is 3.37. The Morgan fingerprint density at radius 2 is 2.20 bits per heavy atom. The predicted molar refractivity (Wildman–Crippen MR) is 77.9 cm³/mol. The first-order valence-corrected chi connectivity index (χ1v) is 8.94. The molecule has 1 N–H and O–H groups in total. The van der Waals surface area contributed by atoms with Crippen LogP contribution in [0.3, 0.4) is 0 Å². The zero-order valence-corrected chi connectivity index (χ0v) is 12.8. The van der Waals surface area contributed by atoms with E-state index >= 15 is 0 Å². The zero-order valence-electron chi connectivity index (χ0n) is 11.2. The Morgan fingerprint density at radius 1 is 1.50 bits per heavy atom. The van der Waals surface area contributed by atoms with Gasteiger partial charge in [-0.1, -0.05) is 18.7 Å². The second-order valence-electron chi connectivity index (χ2n) is 4.05. The number of hydrogen-bond acceptors (Lipinski definition) is 8. The Morgan fingerprint density at radius 3 is 2.75 bits per heavy atom. The van der Waals surface area contributed by atoms with Crippen molar-refractivity contribution < 1.29 is 13.3 Å². The van der Waals surface area contributed by atoms with Crippen molar-refractivity contribution in [3.63, 3.8) is 0 Å². The molecule has 0 aliphatic rings. The Balaban J connectivity index is 2.85. The molecule has 10 heteroatoms. The molecule has 1 heterocycles. The molecule has 0 amide bonds. The molecule has 112 valence electrons. The van der Waals surface area contributed by atoms with Gasteiger partial charge in [0.15, 0.2) is 5.03 Å². The third kappa shape index (κ3) is 5.70. The highest BCUT2D eigenvalue weighted by Crippen LogP contribution is 2.27. The minimum absolute atomic E-state index is 0.0590. The van der Waals surface area contributed by atoms with Crippen LogP contribution in [0.25, 0.3) is 0 Å². The molecule has 1 rings (SSSR count). The minimum atomic E-state index is -3.10. The standard InChI is InChI=1S/C10H16N4O4S2/c1-3-4-11-10-12-7-8(14(15)16)9(13-10)19-5-6-20(2,17)18/h7H,3-6H2,1-2H3,(H,11,12,13). The number of rotatable bonds is 8. The normalized spacial score (nSPS) is 11.3. The lowest BCUT2D eigenvalue weighted by atomic mass is 10.5. The summed E-state index contributed by atoms with van der Waals surface area (Å²) in [7, 11) is -3.10. The number of aromatic nitrogens is 2. The van der Waals surface area contributed by atoms with Crippen molar-refractivity contribution in [3.05, 3.63) is 16.3 Å². The van der Waals surface area contributed by atoms with Gasteiger partial charge < -0.3 is 5.32 Å². The highest BCUT2D eigenvalue weighted by Gasteiger charge is 2.18. The highest BCUT2D eigenvalue weighted by molar-refractivity contribution is 8.00. The molecule has 0 aromatic carbocycles. The van der Waals surface area contributed by atoms with Crippen molar-refractivity contribution in [1.29, 1.82) is 0 Å². The number of hydrogen-bond donors (Lipinski definition) is 1. The van der Waals surface area contributed by atoms with Gasteiger partial charge in [-0.3, -0.25) is 10.1 Å². The lowest BCUT2D eigenvalue weighted by Crippen LogP contribution is -2.08. The molecular formula is C10H16N4O4S2. The number of nitro groups is 1. The van der Waals surface area contributed by atoms with Gasteiger partial charge in [0.1, 0.15) is 16.0 Å². The van der Waals surface area contributed by atoms with Gasteiger partial charge in [-0.05, 0) is 6.42 Å². The molecule has 1 aromatic rings. The summed E-state index contributed by atoms with van der Waals surface area (Å²) >= 11 is 1.04. The third-order valence-corrected chi connectivity index (χ3v) is 4.34. The molecule has 1 aromatic heterocycles. The van der Waals surface area contributed by atoms with E-state index < -0.39 is 14.8 Å². The lowest BCUT2D eigenvalue weighted by molar-refractivity contribution is -0.388. The van der Waals surface area contributed by atoms with Crippen molar-refractivity contribution >= 4 is 33.2 Å². The summed E-state index contributed by atoms with van der Waals surface area (Å²) in [5.74, 6) is 0.458. The summed E-state index contributed by atoms with van der Waals surface area (Å²) in [6.07, 6.45) is 3.13. The Kier molecular flexibility index (Phi) is 6.14. The van der Waals surface area contributed by atoms with Crippen LogP contribution in [0.15, 0.2) is 11.2 Å². The first-order chi connectivity index (χ1) is 9.33. The summed E-state index contributed by atoms with van der Waals surface area (Å²) in [6, 6.07) is 0. The maximum Gasteiger partial charge on any atom is 0.319 e. The topological polar surface area (TPSA) is 115 Å². The molecule has 0 saturated heterocycles. The SMILES string of the molecule is CCCNc1ncc([N+](=O)[O-])c(SCCS(C)(=O)=O)n1. The molecule has 0 unspecified atom stereocenters. The average molecular weight is 320 g/mol. The molecule has 0 atom stereocenters. The minimum Gasteiger partial charge on any atom is -0.354 e. The molecule has 0 aliphatic carbocycles. The van der Waals surface area contributed by atoms with E-state index in [0.29, 0.717) is 12.5 Å². The molecule has 0 saturated carbocycles. The van der Waals surface area contributed by atoms with Crippen molar-refractivity contribution in [1.82, 2.24) is 9.97 Å². The van der Waals surface area contributed by atoms with Gasteiger partial charge in [-0.25, -0.2) is 13.4 Å². The highest BCUT2D eigenvalue weighted by atomic mass is 32.2. The quantitative estimate of drug-likeness (QED) is 0.330. The fraction of sp³-hybridized carbons (Fsp3) is 0.600. The zero-order chi connectivity index (χ0) is 15.2. The predicted octanol–water partition coefficient (Wildman–Crippen LogP) is 1.34. The van der Waals surface area contributed by atoms with Gasteiger partial charge in [0.2, 0.25) is 5.95 Å². The Bertz CT molecular complexity index is 577. The molecule has 0 aliphatic heterocycles. The van der Waals surface area contributed by atoms with E-state index in [1.165, 1.54) is 0 Å². The first kappa shape index (κ1) is 16.6. The van der Waals surface area contributed by atoms with Gasteiger partial charge in [0.05, 0.1) is 10.7 Å². The average Bonchev–Trinajstić information content (AvgIpc) is 2.34. The second-order valence-corrected chi connectivity index (χ2v) is 7.39. The van der Waals surface area contributed by atoms with E-state index in [1.54, 1.807) is 0 Å². The van der Waals surface area contributed by atoms with Crippen LogP contribution in [0.2, 0.25) is 0 Å². The van der Waals surface area contributed by atoms with Gasteiger partial charge >= 0.3 is 5.69 Å². The molecule has 0 spiro atoms. The molecule has 20 heavy (non-hydrogen) atoms. The molecule has 0 radical (unpaired) electrons. The van der Waals surface area contributed by atoms with Crippen LogP contribution in [0, 0.1) is 10.1 Å². The Hall–Kier alpha value is -1.42. The summed E-state index contributed by atoms with van der Waals surface area (Å²) in [5, 5.41) is 14.0. The number of nitrogens with one attached hydrogen (secondary N) is 1. The van der Waals surface area contributed by atoms with Gasteiger partial charge in [0, 0.05) is 18.6 Å². The van der Waals surface area contributed by atoms with Crippen LogP contribution in [-0.4, -0.2) is 47.6 Å². The number of nitrogens with zero attached hydrogens (tertiary/aromatic N) is 3. The van der Waals surface area contributed by atoms with Crippen LogP contribution in [-0.2, 0) is 9.84 Å². The maximum atomic E-state index is 11.1. The number of sulfone groups is 1. The van der Waals surface area contributed by atoms with Gasteiger partial charge in [0.25, 0.3) is 0 Å². The van der Waals surface area contributed by atoms with Crippen molar-refractivity contribution in [2.75, 3.05) is 29.6 Å². The first-order valence-electron chi connectivity index (χ1n) is 5.89. The monoisotopic (exact) mass is 320 g/mol. The third-order valence-electron chi connectivity index (χ3n) is 2.16. The molecule has 8 nitrogen and oxygen atoms in total. The number of anilines is 1. The van der Waals surface area contributed by atoms with E-state index in [-0.39, 0.29) is 22.2 Å². The molecule has 0 bridgehead atoms. The lowest BCUT2D eigenvalue weighted by Gasteiger charge is -2.05. The van der Waals surface area contributed by atoms with Crippen LogP contribution in [0.1, 0.15) is 13.3 Å². The van der Waals surface area contributed by atoms with Crippen molar-refractivity contribution in [2.24, 2.45) is 0 Å². The maximum absolute atomic E-state index is 11.1. The van der Waals surface area contributed by atoms with Crippen LogP contribution in [0.5, 0.6) is 0 Å². The molecule has 0 fully saturated rings. The summed E-state index contributed by atoms with van der Waals surface area (Å²) in [4.78, 5) is 18.2. The van der Waals surface area contributed by atoms with Gasteiger partial charge in [-0.2, -0.15) is 4.98 Å². The van der Waals surface area contributed by atoms with E-state index in [2.05, 4.69) is 15.3 Å². The fourth-order valence-electron chi connectivity index (χ4n) is 1.20. The summed E-state index contributed by atoms with van der Waals surface area (Å²) < 4.78 is 22.1. The van der Waals surface area contributed by atoms with E-state index in [9.17, 15) is 18.5 Å². The second kappa shape index (κ2) is 7.39. The summed E-state index contributed by atoms with van der Waals surface area (Å²) in [5.41, 5.74) is -0.217. The van der Waals surface area contributed by atoms with E-state index in [1.807, 2.05) is 6.92 Å². The van der Waals surface area contributed by atoms with Crippen LogP contribution in [0.4, 0.5) is 11.6 Å². The van der Waals surface area contributed by atoms with Crippen LogP contribution >= 0.6 is 11.8 Å². The Labute approximate surface area is 121 Å². The molecular weight excluding hydrogens is 304 g/mol. The van der Waals surface area contributed by atoms with Crippen molar-refractivity contribution in [3.8, 4) is 0 Å². The smallest absolute Gasteiger partial charge is 0.319 e. The van der Waals surface area contributed by atoms with Crippen LogP contribution < -0.4 is 5.32 Å². The van der Waals surface area contributed by atoms with Gasteiger partial charge in [-0.15, -0.1) is 0 Å². The summed E-state index contributed by atoms with van der Waals surface area (Å²) in [6.45, 7) is 2.63. The van der Waals surface area contributed by atoms with E-state index in [4.69, 9.17) is 0 Å². The van der Waals surface area contributed by atoms with E-state index in [0.717, 1.165) is 30.6 Å². The van der Waals surface area contributed by atoms with Crippen molar-refractivity contribution in [2.45, 2.75) is 18.4 Å². The number of thioether (sulfide) groups is 1. The largest absolute Gasteiger partial charge is 0.354 e.